The third kappa shape index (κ3) is 5.97. The van der Waals surface area contributed by atoms with Gasteiger partial charge in [0.25, 0.3) is 0 Å². The minimum absolute atomic E-state index is 0.00172. The third-order valence-electron chi connectivity index (χ3n) is 6.15. The van der Waals surface area contributed by atoms with Gasteiger partial charge in [-0.25, -0.2) is 4.98 Å². The summed E-state index contributed by atoms with van der Waals surface area (Å²) in [6, 6.07) is 7.70. The summed E-state index contributed by atoms with van der Waals surface area (Å²) < 4.78 is 5.83. The smallest absolute Gasteiger partial charge is 0.246 e. The van der Waals surface area contributed by atoms with Crippen LogP contribution in [0.1, 0.15) is 48.4 Å². The number of nitrogens with zero attached hydrogens (tertiary/aromatic N) is 3. The van der Waals surface area contributed by atoms with E-state index in [1.165, 1.54) is 6.42 Å². The van der Waals surface area contributed by atoms with Crippen LogP contribution < -0.4 is 4.74 Å². The topological polar surface area (TPSA) is 62.7 Å². The van der Waals surface area contributed by atoms with Crippen molar-refractivity contribution in [3.8, 4) is 5.75 Å². The Hall–Kier alpha value is -2.67. The number of hydrogen-bond acceptors (Lipinski definition) is 5. The average molecular weight is 454 g/mol. The monoisotopic (exact) mass is 453 g/mol. The van der Waals surface area contributed by atoms with E-state index in [2.05, 4.69) is 4.98 Å². The predicted octanol–water partition coefficient (Wildman–Crippen LogP) is 4.29. The first-order chi connectivity index (χ1) is 15.6. The Bertz CT molecular complexity index is 957. The molecule has 2 aromatic rings. The van der Waals surface area contributed by atoms with Gasteiger partial charge in [-0.2, -0.15) is 0 Å². The molecule has 2 amide bonds. The van der Waals surface area contributed by atoms with Crippen LogP contribution in [0.15, 0.2) is 35.7 Å². The molecule has 0 spiro atoms. The van der Waals surface area contributed by atoms with E-state index in [1.54, 1.807) is 17.4 Å². The average Bonchev–Trinajstić information content (AvgIpc) is 3.27. The molecule has 6 nitrogen and oxygen atoms in total. The molecule has 0 bridgehead atoms. The zero-order chi connectivity index (χ0) is 22.3. The highest BCUT2D eigenvalue weighted by Gasteiger charge is 2.30. The van der Waals surface area contributed by atoms with Crippen molar-refractivity contribution in [2.75, 3.05) is 26.2 Å². The maximum atomic E-state index is 12.7. The fraction of sp³-hybridized carbons (Fsp3) is 0.480. The molecule has 1 aromatic carbocycles. The van der Waals surface area contributed by atoms with Crippen molar-refractivity contribution in [3.63, 3.8) is 0 Å². The molecule has 0 saturated carbocycles. The molecule has 170 valence electrons. The fourth-order valence-corrected chi connectivity index (χ4v) is 4.93. The van der Waals surface area contributed by atoms with Gasteiger partial charge in [-0.3, -0.25) is 9.59 Å². The zero-order valence-corrected chi connectivity index (χ0v) is 19.5. The lowest BCUT2D eigenvalue weighted by Crippen LogP contribution is -2.45. The Morgan fingerprint density at radius 2 is 1.91 bits per heavy atom. The van der Waals surface area contributed by atoms with Gasteiger partial charge < -0.3 is 14.5 Å². The molecule has 7 heteroatoms. The number of carbonyl (C=O) groups is 2. The van der Waals surface area contributed by atoms with Crippen LogP contribution in [-0.2, 0) is 16.2 Å². The summed E-state index contributed by atoms with van der Waals surface area (Å²) in [5, 5.41) is 3.03. The Morgan fingerprint density at radius 3 is 2.62 bits per heavy atom. The van der Waals surface area contributed by atoms with Crippen LogP contribution in [0.4, 0.5) is 0 Å². The zero-order valence-electron chi connectivity index (χ0n) is 18.7. The minimum atomic E-state index is -0.00172. The number of rotatable bonds is 6. The number of benzene rings is 1. The van der Waals surface area contributed by atoms with Crippen molar-refractivity contribution in [3.05, 3.63) is 52.0 Å². The standard InChI is InChI=1S/C25H31N3O3S/c1-19-26-22(18-32-19)17-31-23-7-5-6-20(16-23)8-9-24(29)27-14-10-21(11-15-27)25(30)28-12-3-2-4-13-28/h5-9,16,18,21H,2-4,10-15,17H2,1H3/b9-8+. The van der Waals surface area contributed by atoms with Crippen molar-refractivity contribution >= 4 is 29.2 Å². The molecule has 0 unspecified atom stereocenters. The molecule has 2 fully saturated rings. The normalized spacial score (nSPS) is 17.7. The van der Waals surface area contributed by atoms with Crippen LogP contribution >= 0.6 is 11.3 Å². The van der Waals surface area contributed by atoms with Crippen molar-refractivity contribution in [2.45, 2.75) is 45.6 Å². The second-order valence-electron chi connectivity index (χ2n) is 8.54. The van der Waals surface area contributed by atoms with Crippen LogP contribution in [0.5, 0.6) is 5.75 Å². The van der Waals surface area contributed by atoms with E-state index in [1.807, 2.05) is 52.4 Å². The molecular formula is C25H31N3O3S. The molecule has 3 heterocycles. The van der Waals surface area contributed by atoms with Gasteiger partial charge in [0.05, 0.1) is 10.7 Å². The molecule has 0 atom stereocenters. The van der Waals surface area contributed by atoms with Crippen molar-refractivity contribution in [1.82, 2.24) is 14.8 Å². The van der Waals surface area contributed by atoms with Gasteiger partial charge >= 0.3 is 0 Å². The molecule has 0 N–H and O–H groups in total. The maximum Gasteiger partial charge on any atom is 0.246 e. The minimum Gasteiger partial charge on any atom is -0.487 e. The van der Waals surface area contributed by atoms with Gasteiger partial charge in [0.1, 0.15) is 12.4 Å². The summed E-state index contributed by atoms with van der Waals surface area (Å²) in [5.74, 6) is 1.11. The number of carbonyl (C=O) groups excluding carboxylic acids is 2. The van der Waals surface area contributed by atoms with E-state index < -0.39 is 0 Å². The lowest BCUT2D eigenvalue weighted by molar-refractivity contribution is -0.140. The van der Waals surface area contributed by atoms with Crippen LogP contribution in [-0.4, -0.2) is 52.8 Å². The first-order valence-electron chi connectivity index (χ1n) is 11.5. The number of piperidine rings is 2. The molecule has 2 aliphatic rings. The lowest BCUT2D eigenvalue weighted by Gasteiger charge is -2.35. The van der Waals surface area contributed by atoms with Crippen LogP contribution in [0.3, 0.4) is 0 Å². The third-order valence-corrected chi connectivity index (χ3v) is 6.98. The lowest BCUT2D eigenvalue weighted by atomic mass is 9.94. The summed E-state index contributed by atoms with van der Waals surface area (Å²) >= 11 is 1.61. The van der Waals surface area contributed by atoms with E-state index in [-0.39, 0.29) is 17.7 Å². The summed E-state index contributed by atoms with van der Waals surface area (Å²) in [6.07, 6.45) is 8.42. The van der Waals surface area contributed by atoms with Gasteiger partial charge in [-0.15, -0.1) is 11.3 Å². The van der Waals surface area contributed by atoms with E-state index in [9.17, 15) is 9.59 Å². The Balaban J connectivity index is 1.26. The summed E-state index contributed by atoms with van der Waals surface area (Å²) in [6.45, 7) is 5.49. The summed E-state index contributed by atoms with van der Waals surface area (Å²) in [7, 11) is 0. The highest BCUT2D eigenvalue weighted by molar-refractivity contribution is 7.09. The first kappa shape index (κ1) is 22.5. The van der Waals surface area contributed by atoms with Gasteiger partial charge in [0.2, 0.25) is 11.8 Å². The van der Waals surface area contributed by atoms with Gasteiger partial charge in [-0.1, -0.05) is 12.1 Å². The quantitative estimate of drug-likeness (QED) is 0.612. The largest absolute Gasteiger partial charge is 0.487 e. The summed E-state index contributed by atoms with van der Waals surface area (Å²) in [4.78, 5) is 33.6. The number of amides is 2. The van der Waals surface area contributed by atoms with Gasteiger partial charge in [0, 0.05) is 43.6 Å². The fourth-order valence-electron chi connectivity index (χ4n) is 4.33. The van der Waals surface area contributed by atoms with Crippen LogP contribution in [0, 0.1) is 12.8 Å². The Kier molecular flexibility index (Phi) is 7.58. The number of likely N-dealkylation sites (tertiary alicyclic amines) is 2. The van der Waals surface area contributed by atoms with Crippen molar-refractivity contribution < 1.29 is 14.3 Å². The molecule has 0 radical (unpaired) electrons. The number of aromatic nitrogens is 1. The van der Waals surface area contributed by atoms with Gasteiger partial charge in [0.15, 0.2) is 0 Å². The SMILES string of the molecule is Cc1nc(COc2cccc(/C=C/C(=O)N3CCC(C(=O)N4CCCCC4)CC3)c2)cs1. The molecule has 32 heavy (non-hydrogen) atoms. The maximum absolute atomic E-state index is 12.7. The second kappa shape index (κ2) is 10.8. The predicted molar refractivity (Wildman–Crippen MR) is 126 cm³/mol. The Morgan fingerprint density at radius 1 is 1.12 bits per heavy atom. The van der Waals surface area contributed by atoms with Crippen LogP contribution in [0.2, 0.25) is 0 Å². The molecule has 0 aliphatic carbocycles. The van der Waals surface area contributed by atoms with E-state index in [0.29, 0.717) is 19.7 Å². The van der Waals surface area contributed by atoms with Gasteiger partial charge in [-0.05, 0) is 62.8 Å². The van der Waals surface area contributed by atoms with Crippen molar-refractivity contribution in [2.24, 2.45) is 5.92 Å². The first-order valence-corrected chi connectivity index (χ1v) is 12.4. The highest BCUT2D eigenvalue weighted by Crippen LogP contribution is 2.22. The second-order valence-corrected chi connectivity index (χ2v) is 9.60. The number of aryl methyl sites for hydroxylation is 1. The molecule has 2 aliphatic heterocycles. The molecular weight excluding hydrogens is 422 g/mol. The summed E-state index contributed by atoms with van der Waals surface area (Å²) in [5.41, 5.74) is 1.84. The number of ether oxygens (including phenoxy) is 1. The van der Waals surface area contributed by atoms with E-state index >= 15 is 0 Å². The molecule has 2 saturated heterocycles. The van der Waals surface area contributed by atoms with Crippen molar-refractivity contribution in [1.29, 1.82) is 0 Å². The van der Waals surface area contributed by atoms with E-state index in [4.69, 9.17) is 4.74 Å². The number of hydrogen-bond donors (Lipinski definition) is 0. The number of thiazole rings is 1. The van der Waals surface area contributed by atoms with E-state index in [0.717, 1.165) is 60.8 Å². The highest BCUT2D eigenvalue weighted by atomic mass is 32.1. The molecule has 4 rings (SSSR count). The van der Waals surface area contributed by atoms with Crippen LogP contribution in [0.25, 0.3) is 6.08 Å². The molecule has 1 aromatic heterocycles. The Labute approximate surface area is 193 Å².